The number of rotatable bonds is 6. The molecule has 0 radical (unpaired) electrons. The van der Waals surface area contributed by atoms with Gasteiger partial charge in [-0.2, -0.15) is 0 Å². The molecule has 2 aromatic rings. The number of aliphatic hydroxyl groups is 1. The summed E-state index contributed by atoms with van der Waals surface area (Å²) < 4.78 is 14.3. The van der Waals surface area contributed by atoms with Gasteiger partial charge in [-0.25, -0.2) is 4.39 Å². The van der Waals surface area contributed by atoms with Gasteiger partial charge in [-0.05, 0) is 55.0 Å². The number of hydrogen-bond acceptors (Lipinski definition) is 4. The number of carbonyl (C=O) groups excluding carboxylic acids is 1. The van der Waals surface area contributed by atoms with Gasteiger partial charge in [0, 0.05) is 35.9 Å². The van der Waals surface area contributed by atoms with Gasteiger partial charge in [-0.3, -0.25) is 4.79 Å². The van der Waals surface area contributed by atoms with Crippen LogP contribution < -0.4 is 15.1 Å². The maximum atomic E-state index is 14.3. The monoisotopic (exact) mass is 447 g/mol. The molecule has 0 bridgehead atoms. The van der Waals surface area contributed by atoms with Crippen molar-refractivity contribution in [2.75, 3.05) is 16.3 Å². The van der Waals surface area contributed by atoms with E-state index in [2.05, 4.69) is 5.32 Å². The molecule has 1 amide bonds. The molecule has 3 aliphatic rings. The molecular formula is C27H30FN3O2. The topological polar surface area (TPSA) is 55.8 Å². The zero-order valence-corrected chi connectivity index (χ0v) is 18.7. The third kappa shape index (κ3) is 4.27. The van der Waals surface area contributed by atoms with Gasteiger partial charge in [0.15, 0.2) is 0 Å². The fourth-order valence-electron chi connectivity index (χ4n) is 5.39. The van der Waals surface area contributed by atoms with Crippen LogP contribution in [0.3, 0.4) is 0 Å². The van der Waals surface area contributed by atoms with Gasteiger partial charge in [0.05, 0.1) is 0 Å². The minimum atomic E-state index is -0.992. The summed E-state index contributed by atoms with van der Waals surface area (Å²) in [5.74, 6) is -0.435. The number of anilines is 2. The smallest absolute Gasteiger partial charge is 0.254 e. The summed E-state index contributed by atoms with van der Waals surface area (Å²) in [6.45, 7) is 0.694. The van der Waals surface area contributed by atoms with Crippen molar-refractivity contribution in [3.8, 4) is 0 Å². The Balaban J connectivity index is 1.55. The second-order valence-electron chi connectivity index (χ2n) is 9.05. The number of allylic oxidation sites excluding steroid dienone is 1. The molecule has 5 rings (SSSR count). The van der Waals surface area contributed by atoms with E-state index in [-0.39, 0.29) is 11.9 Å². The normalized spacial score (nSPS) is 21.4. The van der Waals surface area contributed by atoms with Crippen LogP contribution in [-0.4, -0.2) is 29.8 Å². The molecule has 1 fully saturated rings. The molecule has 2 heterocycles. The van der Waals surface area contributed by atoms with Crippen LogP contribution in [0.1, 0.15) is 50.1 Å². The van der Waals surface area contributed by atoms with Crippen molar-refractivity contribution >= 4 is 17.3 Å². The second-order valence-corrected chi connectivity index (χ2v) is 9.05. The Morgan fingerprint density at radius 1 is 1.12 bits per heavy atom. The van der Waals surface area contributed by atoms with Gasteiger partial charge in [0.25, 0.3) is 5.91 Å². The Labute approximate surface area is 194 Å². The molecule has 0 saturated heterocycles. The van der Waals surface area contributed by atoms with Crippen LogP contribution in [0.5, 0.6) is 0 Å². The molecule has 33 heavy (non-hydrogen) atoms. The van der Waals surface area contributed by atoms with E-state index in [4.69, 9.17) is 0 Å². The third-order valence-corrected chi connectivity index (χ3v) is 6.92. The van der Waals surface area contributed by atoms with Gasteiger partial charge in [-0.15, -0.1) is 0 Å². The van der Waals surface area contributed by atoms with E-state index in [1.807, 2.05) is 47.5 Å². The lowest BCUT2D eigenvalue weighted by Gasteiger charge is -2.36. The van der Waals surface area contributed by atoms with Crippen molar-refractivity contribution in [1.29, 1.82) is 0 Å². The van der Waals surface area contributed by atoms with E-state index >= 15 is 0 Å². The van der Waals surface area contributed by atoms with Crippen LogP contribution in [0, 0.1) is 5.82 Å². The van der Waals surface area contributed by atoms with Crippen molar-refractivity contribution < 1.29 is 14.3 Å². The molecule has 2 aromatic carbocycles. The quantitative estimate of drug-likeness (QED) is 0.625. The Kier molecular flexibility index (Phi) is 6.18. The number of amides is 1. The lowest BCUT2D eigenvalue weighted by Crippen LogP contribution is -2.47. The number of nitrogens with zero attached hydrogens (tertiary/aromatic N) is 2. The standard InChI is InChI=1S/C27H30FN3O2/c28-20-7-6-10-22(18-20)31(25(32)17-19-13-15-29-16-14-19)26-23-11-4-5-12-24(23)30(27(26)33)21-8-2-1-3-9-21/h4-7,10-15,18,21,25-26,29,32H,1-3,8-9,16-17H2. The van der Waals surface area contributed by atoms with Crippen molar-refractivity contribution in [3.63, 3.8) is 0 Å². The fourth-order valence-corrected chi connectivity index (χ4v) is 5.39. The van der Waals surface area contributed by atoms with Gasteiger partial charge in [-0.1, -0.05) is 49.6 Å². The molecule has 2 unspecified atom stereocenters. The first kappa shape index (κ1) is 21.7. The highest BCUT2D eigenvalue weighted by Crippen LogP contribution is 2.45. The van der Waals surface area contributed by atoms with E-state index < -0.39 is 18.1 Å². The number of halogens is 1. The van der Waals surface area contributed by atoms with Crippen LogP contribution in [-0.2, 0) is 4.79 Å². The van der Waals surface area contributed by atoms with Crippen LogP contribution >= 0.6 is 0 Å². The van der Waals surface area contributed by atoms with Crippen molar-refractivity contribution in [1.82, 2.24) is 5.32 Å². The number of aliphatic hydroxyl groups excluding tert-OH is 1. The molecule has 2 N–H and O–H groups in total. The van der Waals surface area contributed by atoms with Crippen LogP contribution in [0.15, 0.2) is 72.5 Å². The van der Waals surface area contributed by atoms with Gasteiger partial charge in [0.1, 0.15) is 18.1 Å². The SMILES string of the molecule is O=C1C(N(c2cccc(F)c2)C(O)CC2=CCNC=C2)c2ccccc2N1C1CCCCC1. The lowest BCUT2D eigenvalue weighted by atomic mass is 9.94. The van der Waals surface area contributed by atoms with Gasteiger partial charge < -0.3 is 20.2 Å². The van der Waals surface area contributed by atoms with Gasteiger partial charge >= 0.3 is 0 Å². The van der Waals surface area contributed by atoms with Crippen molar-refractivity contribution in [3.05, 3.63) is 83.8 Å². The predicted octanol–water partition coefficient (Wildman–Crippen LogP) is 4.80. The largest absolute Gasteiger partial charge is 0.387 e. The van der Waals surface area contributed by atoms with E-state index in [1.165, 1.54) is 18.6 Å². The maximum Gasteiger partial charge on any atom is 0.254 e. The Morgan fingerprint density at radius 2 is 1.94 bits per heavy atom. The molecule has 1 aliphatic carbocycles. The summed E-state index contributed by atoms with van der Waals surface area (Å²) in [5.41, 5.74) is 3.25. The highest BCUT2D eigenvalue weighted by molar-refractivity contribution is 6.07. The summed E-state index contributed by atoms with van der Waals surface area (Å²) in [4.78, 5) is 17.6. The Hall–Kier alpha value is -3.12. The Morgan fingerprint density at radius 3 is 2.70 bits per heavy atom. The number of fused-ring (bicyclic) bond motifs is 1. The first-order chi connectivity index (χ1) is 16.1. The number of para-hydroxylation sites is 1. The second kappa shape index (κ2) is 9.40. The maximum absolute atomic E-state index is 14.3. The summed E-state index contributed by atoms with van der Waals surface area (Å²) >= 11 is 0. The first-order valence-corrected chi connectivity index (χ1v) is 11.9. The molecule has 172 valence electrons. The number of hydrogen-bond donors (Lipinski definition) is 2. The zero-order chi connectivity index (χ0) is 22.8. The zero-order valence-electron chi connectivity index (χ0n) is 18.7. The average Bonchev–Trinajstić information content (AvgIpc) is 3.12. The minimum Gasteiger partial charge on any atom is -0.387 e. The van der Waals surface area contributed by atoms with Crippen molar-refractivity contribution in [2.24, 2.45) is 0 Å². The lowest BCUT2D eigenvalue weighted by molar-refractivity contribution is -0.120. The number of benzene rings is 2. The highest BCUT2D eigenvalue weighted by atomic mass is 19.1. The highest BCUT2D eigenvalue weighted by Gasteiger charge is 2.45. The molecule has 6 heteroatoms. The number of dihydropyridines is 1. The molecule has 0 spiro atoms. The number of nitrogens with one attached hydrogen (secondary N) is 1. The summed E-state index contributed by atoms with van der Waals surface area (Å²) in [7, 11) is 0. The Bertz CT molecular complexity index is 1080. The van der Waals surface area contributed by atoms with E-state index in [9.17, 15) is 14.3 Å². The molecule has 2 aliphatic heterocycles. The minimum absolute atomic E-state index is 0.0405. The molecule has 2 atom stereocenters. The average molecular weight is 448 g/mol. The molecule has 0 aromatic heterocycles. The fraction of sp³-hybridized carbons (Fsp3) is 0.370. The van der Waals surface area contributed by atoms with E-state index in [1.54, 1.807) is 17.0 Å². The predicted molar refractivity (Wildman–Crippen MR) is 128 cm³/mol. The van der Waals surface area contributed by atoms with Crippen LogP contribution in [0.25, 0.3) is 0 Å². The van der Waals surface area contributed by atoms with E-state index in [0.29, 0.717) is 18.7 Å². The summed E-state index contributed by atoms with van der Waals surface area (Å²) in [6, 6.07) is 13.5. The molecular weight excluding hydrogens is 417 g/mol. The van der Waals surface area contributed by atoms with Crippen molar-refractivity contribution in [2.45, 2.75) is 56.8 Å². The van der Waals surface area contributed by atoms with Crippen LogP contribution in [0.4, 0.5) is 15.8 Å². The number of carbonyl (C=O) groups is 1. The third-order valence-electron chi connectivity index (χ3n) is 6.92. The first-order valence-electron chi connectivity index (χ1n) is 11.9. The molecule has 5 nitrogen and oxygen atoms in total. The molecule has 1 saturated carbocycles. The van der Waals surface area contributed by atoms with E-state index in [0.717, 1.165) is 42.5 Å². The van der Waals surface area contributed by atoms with Gasteiger partial charge in [0.2, 0.25) is 0 Å². The summed E-state index contributed by atoms with van der Waals surface area (Å²) in [5, 5.41) is 14.6. The summed E-state index contributed by atoms with van der Waals surface area (Å²) in [6.07, 6.45) is 10.6. The van der Waals surface area contributed by atoms with Crippen LogP contribution in [0.2, 0.25) is 0 Å².